The normalized spacial score (nSPS) is 19.6. The lowest BCUT2D eigenvalue weighted by atomic mass is 9.96. The van der Waals surface area contributed by atoms with Crippen molar-refractivity contribution in [2.24, 2.45) is 5.92 Å². The van der Waals surface area contributed by atoms with E-state index in [0.717, 1.165) is 49.9 Å². The molecule has 2 saturated heterocycles. The third-order valence-corrected chi connectivity index (χ3v) is 7.03. The highest BCUT2D eigenvalue weighted by Crippen LogP contribution is 2.28. The van der Waals surface area contributed by atoms with Gasteiger partial charge in [0.15, 0.2) is 0 Å². The Morgan fingerprint density at radius 1 is 1.11 bits per heavy atom. The van der Waals surface area contributed by atoms with Crippen LogP contribution in [0.4, 0.5) is 4.39 Å². The van der Waals surface area contributed by atoms with Gasteiger partial charge < -0.3 is 19.6 Å². The number of amides is 1. The van der Waals surface area contributed by atoms with Gasteiger partial charge >= 0.3 is 0 Å². The minimum atomic E-state index is -1.18. The summed E-state index contributed by atoms with van der Waals surface area (Å²) >= 11 is 0. The molecule has 7 heteroatoms. The van der Waals surface area contributed by atoms with E-state index in [0.29, 0.717) is 49.0 Å². The highest BCUT2D eigenvalue weighted by atomic mass is 19.1. The van der Waals surface area contributed by atoms with Crippen molar-refractivity contribution in [3.63, 3.8) is 0 Å². The summed E-state index contributed by atoms with van der Waals surface area (Å²) in [4.78, 5) is 16.6. The summed E-state index contributed by atoms with van der Waals surface area (Å²) in [7, 11) is 0. The summed E-state index contributed by atoms with van der Waals surface area (Å²) in [5.41, 5.74) is 1.69. The van der Waals surface area contributed by atoms with Crippen LogP contribution in [0.3, 0.4) is 0 Å². The van der Waals surface area contributed by atoms with E-state index in [4.69, 9.17) is 4.74 Å². The van der Waals surface area contributed by atoms with Gasteiger partial charge in [0.2, 0.25) is 0 Å². The van der Waals surface area contributed by atoms with E-state index in [2.05, 4.69) is 11.0 Å². The van der Waals surface area contributed by atoms with Crippen LogP contribution in [0.15, 0.2) is 42.5 Å². The van der Waals surface area contributed by atoms with Gasteiger partial charge in [-0.15, -0.1) is 0 Å². The lowest BCUT2D eigenvalue weighted by molar-refractivity contribution is 0.0474. The van der Waals surface area contributed by atoms with Gasteiger partial charge in [0, 0.05) is 25.2 Å². The molecule has 0 saturated carbocycles. The second-order valence-electron chi connectivity index (χ2n) is 10.7. The molecule has 1 amide bonds. The molecule has 36 heavy (non-hydrogen) atoms. The fourth-order valence-electron chi connectivity index (χ4n) is 5.10. The summed E-state index contributed by atoms with van der Waals surface area (Å²) in [5, 5.41) is 19.6. The molecule has 1 atom stereocenters. The molecule has 2 fully saturated rings. The van der Waals surface area contributed by atoms with Crippen molar-refractivity contribution in [2.75, 3.05) is 39.3 Å². The lowest BCUT2D eigenvalue weighted by Gasteiger charge is -2.34. The van der Waals surface area contributed by atoms with Gasteiger partial charge in [-0.05, 0) is 93.9 Å². The number of nitrogens with zero attached hydrogens (tertiary/aromatic N) is 3. The highest BCUT2D eigenvalue weighted by Gasteiger charge is 2.26. The Bertz CT molecular complexity index is 1080. The van der Waals surface area contributed by atoms with E-state index >= 15 is 0 Å². The van der Waals surface area contributed by atoms with Crippen molar-refractivity contribution in [1.82, 2.24) is 9.80 Å². The van der Waals surface area contributed by atoms with Crippen LogP contribution in [0.5, 0.6) is 5.75 Å². The monoisotopic (exact) mass is 493 g/mol. The molecular formula is C29H36FN3O3. The van der Waals surface area contributed by atoms with Crippen LogP contribution in [0.2, 0.25) is 0 Å². The van der Waals surface area contributed by atoms with Crippen molar-refractivity contribution < 1.29 is 19.0 Å². The molecule has 6 nitrogen and oxygen atoms in total. The third kappa shape index (κ3) is 6.83. The van der Waals surface area contributed by atoms with Crippen molar-refractivity contribution in [1.29, 1.82) is 5.26 Å². The van der Waals surface area contributed by atoms with Crippen LogP contribution in [-0.2, 0) is 0 Å². The van der Waals surface area contributed by atoms with Gasteiger partial charge in [-0.25, -0.2) is 4.39 Å². The molecule has 192 valence electrons. The minimum Gasteiger partial charge on any atom is -0.492 e. The number of hydrogen-bond donors (Lipinski definition) is 1. The number of carbonyl (C=O) groups excluding carboxylic acids is 1. The van der Waals surface area contributed by atoms with E-state index in [1.165, 1.54) is 0 Å². The topological polar surface area (TPSA) is 76.8 Å². The maximum Gasteiger partial charge on any atom is 0.253 e. The van der Waals surface area contributed by atoms with E-state index < -0.39 is 11.8 Å². The SMILES string of the molecule is CC(C)(F)CN1CCC(COc2ccc(-c3ccc(C(=O)N4CCC[C@H](O)C4)cc3)cc2C#N)CC1. The second kappa shape index (κ2) is 11.4. The summed E-state index contributed by atoms with van der Waals surface area (Å²) in [6.45, 7) is 7.00. The second-order valence-corrected chi connectivity index (χ2v) is 10.7. The number of alkyl halides is 1. The number of piperidine rings is 2. The Morgan fingerprint density at radius 3 is 2.44 bits per heavy atom. The molecule has 4 rings (SSSR count). The Labute approximate surface area is 213 Å². The standard InChI is InChI=1S/C29H36FN3O3/c1-29(2,30)20-32-14-11-21(12-15-32)19-36-27-10-9-24(16-25(27)17-31)22-5-7-23(8-6-22)28(35)33-13-3-4-26(34)18-33/h5-10,16,21,26,34H,3-4,11-15,18-20H2,1-2H3/t26-/m0/s1. The van der Waals surface area contributed by atoms with Crippen LogP contribution in [-0.4, -0.2) is 71.9 Å². The summed E-state index contributed by atoms with van der Waals surface area (Å²) < 4.78 is 19.9. The number of benzene rings is 2. The first-order valence-corrected chi connectivity index (χ1v) is 12.9. The molecule has 2 aromatic rings. The molecule has 0 aromatic heterocycles. The fourth-order valence-corrected chi connectivity index (χ4v) is 5.10. The number of likely N-dealkylation sites (tertiary alicyclic amines) is 2. The number of carbonyl (C=O) groups is 1. The maximum atomic E-state index is 13.9. The summed E-state index contributed by atoms with van der Waals surface area (Å²) in [6, 6.07) is 15.2. The molecule has 0 bridgehead atoms. The summed E-state index contributed by atoms with van der Waals surface area (Å²) in [6.07, 6.45) is 3.01. The molecule has 2 aliphatic rings. The van der Waals surface area contributed by atoms with Crippen molar-refractivity contribution in [3.05, 3.63) is 53.6 Å². The predicted molar refractivity (Wildman–Crippen MR) is 138 cm³/mol. The molecule has 2 aromatic carbocycles. The number of aliphatic hydroxyl groups excluding tert-OH is 1. The molecule has 0 unspecified atom stereocenters. The van der Waals surface area contributed by atoms with Crippen LogP contribution in [0.25, 0.3) is 11.1 Å². The number of hydrogen-bond acceptors (Lipinski definition) is 5. The molecule has 0 spiro atoms. The summed E-state index contributed by atoms with van der Waals surface area (Å²) in [5.74, 6) is 0.895. The van der Waals surface area contributed by atoms with E-state index in [-0.39, 0.29) is 5.91 Å². The quantitative estimate of drug-likeness (QED) is 0.607. The van der Waals surface area contributed by atoms with E-state index in [9.17, 15) is 19.6 Å². The molecule has 2 heterocycles. The minimum absolute atomic E-state index is 0.0685. The van der Waals surface area contributed by atoms with Crippen LogP contribution in [0.1, 0.15) is 55.5 Å². The smallest absolute Gasteiger partial charge is 0.253 e. The Balaban J connectivity index is 1.35. The molecular weight excluding hydrogens is 457 g/mol. The van der Waals surface area contributed by atoms with Crippen molar-refractivity contribution >= 4 is 5.91 Å². The van der Waals surface area contributed by atoms with Crippen molar-refractivity contribution in [3.8, 4) is 22.9 Å². The van der Waals surface area contributed by atoms with Gasteiger partial charge in [-0.1, -0.05) is 18.2 Å². The first-order chi connectivity index (χ1) is 17.2. The van der Waals surface area contributed by atoms with Gasteiger partial charge in [0.05, 0.1) is 18.3 Å². The highest BCUT2D eigenvalue weighted by molar-refractivity contribution is 5.94. The number of halogens is 1. The Kier molecular flexibility index (Phi) is 8.28. The first kappa shape index (κ1) is 26.1. The molecule has 0 aliphatic carbocycles. The zero-order valence-corrected chi connectivity index (χ0v) is 21.3. The first-order valence-electron chi connectivity index (χ1n) is 12.9. The third-order valence-electron chi connectivity index (χ3n) is 7.03. The maximum absolute atomic E-state index is 13.9. The van der Waals surface area contributed by atoms with Crippen LogP contribution < -0.4 is 4.74 Å². The van der Waals surface area contributed by atoms with E-state index in [1.54, 1.807) is 30.9 Å². The predicted octanol–water partition coefficient (Wildman–Crippen LogP) is 4.66. The Hall–Kier alpha value is -2.95. The Morgan fingerprint density at radius 2 is 1.81 bits per heavy atom. The largest absolute Gasteiger partial charge is 0.492 e. The number of ether oxygens (including phenoxy) is 1. The number of β-amino-alcohol motifs (C(OH)–C–C–N with tert-alkyl or cyclic N) is 1. The molecule has 2 aliphatic heterocycles. The zero-order chi connectivity index (χ0) is 25.7. The average Bonchev–Trinajstić information content (AvgIpc) is 2.87. The van der Waals surface area contributed by atoms with Gasteiger partial charge in [-0.2, -0.15) is 5.26 Å². The zero-order valence-electron chi connectivity index (χ0n) is 21.3. The van der Waals surface area contributed by atoms with Gasteiger partial charge in [0.1, 0.15) is 17.5 Å². The number of nitriles is 1. The number of aliphatic hydroxyl groups is 1. The van der Waals surface area contributed by atoms with E-state index in [1.807, 2.05) is 30.3 Å². The molecule has 0 radical (unpaired) electrons. The van der Waals surface area contributed by atoms with Gasteiger partial charge in [-0.3, -0.25) is 4.79 Å². The fraction of sp³-hybridized carbons (Fsp3) is 0.517. The van der Waals surface area contributed by atoms with Crippen LogP contribution in [0, 0.1) is 17.2 Å². The van der Waals surface area contributed by atoms with Crippen molar-refractivity contribution in [2.45, 2.75) is 51.3 Å². The average molecular weight is 494 g/mol. The molecule has 1 N–H and O–H groups in total. The number of rotatable bonds is 7. The van der Waals surface area contributed by atoms with Crippen LogP contribution >= 0.6 is 0 Å². The van der Waals surface area contributed by atoms with Gasteiger partial charge in [0.25, 0.3) is 5.91 Å². The lowest BCUT2D eigenvalue weighted by Crippen LogP contribution is -2.42.